The summed E-state index contributed by atoms with van der Waals surface area (Å²) in [5.41, 5.74) is 6.76. The number of fused-ring (bicyclic) bond motifs is 1. The minimum Gasteiger partial charge on any atom is -0.617 e. The second-order valence-corrected chi connectivity index (χ2v) is 7.90. The van der Waals surface area contributed by atoms with E-state index in [0.717, 1.165) is 25.7 Å². The topological polar surface area (TPSA) is 32.3 Å². The first-order chi connectivity index (χ1) is 14.2. The number of methoxy groups -OCH3 is 1. The fourth-order valence-corrected chi connectivity index (χ4v) is 4.59. The maximum Gasteiger partial charge on any atom is 1.00 e. The molecule has 3 rings (SSSR count). The molecule has 1 aliphatic rings. The van der Waals surface area contributed by atoms with Gasteiger partial charge in [0.15, 0.2) is 0 Å². The van der Waals surface area contributed by atoms with Gasteiger partial charge < -0.3 is 9.84 Å². The summed E-state index contributed by atoms with van der Waals surface area (Å²) in [6, 6.07) is 19.4. The van der Waals surface area contributed by atoms with Crippen LogP contribution in [0.25, 0.3) is 5.57 Å². The largest absolute Gasteiger partial charge is 1.00 e. The van der Waals surface area contributed by atoms with Crippen LogP contribution < -0.4 is 24.0 Å². The average molecular weight is 397 g/mol. The van der Waals surface area contributed by atoms with Gasteiger partial charge in [0, 0.05) is 17.8 Å². The van der Waals surface area contributed by atoms with E-state index in [2.05, 4.69) is 68.4 Å². The standard InChI is InChI=1S/C27H34O2.Li/c1-4-6-15-21(20-13-9-8-10-14-20)27-24(16-7-5-2)22-17-11-12-18-23(22)25(27)19-26(28)29-3;/h8-14,17-19,21,25,28H,4-7,15-16H2,1-3H3;/q;+1/p-1/b26-19-;/t21-,25-;/m1./s1. The number of allylic oxidation sites excluding steroid dienone is 3. The molecule has 3 heteroatoms. The molecule has 0 heterocycles. The van der Waals surface area contributed by atoms with Crippen LogP contribution in [0, 0.1) is 0 Å². The van der Waals surface area contributed by atoms with Crippen molar-refractivity contribution in [2.45, 2.75) is 64.2 Å². The molecule has 0 fully saturated rings. The summed E-state index contributed by atoms with van der Waals surface area (Å²) in [6.07, 6.45) is 8.61. The second-order valence-electron chi connectivity index (χ2n) is 7.90. The van der Waals surface area contributed by atoms with E-state index in [0.29, 0.717) is 5.92 Å². The molecule has 1 aliphatic carbocycles. The van der Waals surface area contributed by atoms with Crippen LogP contribution in [0.3, 0.4) is 0 Å². The molecule has 0 aromatic heterocycles. The number of unbranched alkanes of at least 4 members (excludes halogenated alkanes) is 2. The number of hydrogen-bond acceptors (Lipinski definition) is 2. The molecule has 0 saturated carbocycles. The summed E-state index contributed by atoms with van der Waals surface area (Å²) in [5, 5.41) is 12.3. The van der Waals surface area contributed by atoms with Crippen molar-refractivity contribution >= 4 is 5.57 Å². The molecular weight excluding hydrogens is 363 g/mol. The van der Waals surface area contributed by atoms with Crippen molar-refractivity contribution in [2.24, 2.45) is 0 Å². The molecule has 0 spiro atoms. The molecule has 0 unspecified atom stereocenters. The summed E-state index contributed by atoms with van der Waals surface area (Å²) in [5.74, 6) is 0.0650. The molecule has 30 heavy (non-hydrogen) atoms. The molecule has 0 amide bonds. The van der Waals surface area contributed by atoms with Crippen molar-refractivity contribution in [1.29, 1.82) is 0 Å². The van der Waals surface area contributed by atoms with Gasteiger partial charge >= 0.3 is 18.9 Å². The van der Waals surface area contributed by atoms with E-state index in [1.165, 1.54) is 47.8 Å². The molecule has 0 aliphatic heterocycles. The SMILES string of the molecule is CCCCC1=C([C@H](CCCC)c2ccccc2)[C@H](/C=C(/[O-])OC)c2ccccc21.[Li+]. The maximum absolute atomic E-state index is 12.3. The van der Waals surface area contributed by atoms with Crippen molar-refractivity contribution in [2.75, 3.05) is 7.11 Å². The first-order valence-corrected chi connectivity index (χ1v) is 11.0. The average Bonchev–Trinajstić information content (AvgIpc) is 3.06. The number of rotatable bonds is 10. The molecule has 2 nitrogen and oxygen atoms in total. The Morgan fingerprint density at radius 3 is 2.33 bits per heavy atom. The summed E-state index contributed by atoms with van der Waals surface area (Å²) in [7, 11) is 1.47. The van der Waals surface area contributed by atoms with E-state index in [-0.39, 0.29) is 30.7 Å². The van der Waals surface area contributed by atoms with E-state index >= 15 is 0 Å². The fourth-order valence-electron chi connectivity index (χ4n) is 4.59. The van der Waals surface area contributed by atoms with Gasteiger partial charge in [0.1, 0.15) is 0 Å². The first kappa shape index (κ1) is 24.4. The number of ether oxygens (including phenoxy) is 1. The first-order valence-electron chi connectivity index (χ1n) is 11.0. The molecule has 0 radical (unpaired) electrons. The molecule has 0 N–H and O–H groups in total. The normalized spacial score (nSPS) is 16.8. The summed E-state index contributed by atoms with van der Waals surface area (Å²) in [4.78, 5) is 0. The molecule has 2 aromatic carbocycles. The van der Waals surface area contributed by atoms with Crippen LogP contribution in [0.15, 0.2) is 72.2 Å². The molecule has 2 aromatic rings. The third-order valence-corrected chi connectivity index (χ3v) is 6.01. The van der Waals surface area contributed by atoms with Crippen molar-refractivity contribution in [3.05, 3.63) is 88.9 Å². The van der Waals surface area contributed by atoms with Gasteiger partial charge in [-0.05, 0) is 54.2 Å². The molecule has 0 bridgehead atoms. The summed E-state index contributed by atoms with van der Waals surface area (Å²) < 4.78 is 5.04. The van der Waals surface area contributed by atoms with Crippen molar-refractivity contribution in [3.63, 3.8) is 0 Å². The molecule has 2 atom stereocenters. The van der Waals surface area contributed by atoms with E-state index in [1.807, 2.05) is 0 Å². The number of benzene rings is 2. The van der Waals surface area contributed by atoms with Gasteiger partial charge in [0.2, 0.25) is 0 Å². The Labute approximate surface area is 194 Å². The van der Waals surface area contributed by atoms with Gasteiger partial charge in [-0.25, -0.2) is 0 Å². The van der Waals surface area contributed by atoms with E-state index in [4.69, 9.17) is 4.74 Å². The van der Waals surface area contributed by atoms with Crippen molar-refractivity contribution in [3.8, 4) is 0 Å². The quantitative estimate of drug-likeness (QED) is 0.454. The Morgan fingerprint density at radius 1 is 1.00 bits per heavy atom. The van der Waals surface area contributed by atoms with Gasteiger partial charge in [0.05, 0.1) is 0 Å². The summed E-state index contributed by atoms with van der Waals surface area (Å²) in [6.45, 7) is 4.49. The van der Waals surface area contributed by atoms with Crippen LogP contribution in [0.4, 0.5) is 0 Å². The third kappa shape index (κ3) is 5.42. The van der Waals surface area contributed by atoms with Crippen LogP contribution in [0.1, 0.15) is 80.9 Å². The van der Waals surface area contributed by atoms with Gasteiger partial charge in [-0.15, -0.1) is 0 Å². The predicted octanol–water partition coefficient (Wildman–Crippen LogP) is 3.55. The monoisotopic (exact) mass is 396 g/mol. The molecule has 0 saturated heterocycles. The Hall–Kier alpha value is -1.88. The van der Waals surface area contributed by atoms with Crippen molar-refractivity contribution in [1.82, 2.24) is 0 Å². The molecule has 154 valence electrons. The number of hydrogen-bond donors (Lipinski definition) is 0. The Balaban J connectivity index is 0.00000320. The van der Waals surface area contributed by atoms with E-state index in [9.17, 15) is 5.11 Å². The second kappa shape index (κ2) is 12.1. The zero-order valence-electron chi connectivity index (χ0n) is 19.0. The minimum absolute atomic E-state index is 0. The predicted molar refractivity (Wildman–Crippen MR) is 119 cm³/mol. The van der Waals surface area contributed by atoms with Gasteiger partial charge in [-0.3, -0.25) is 0 Å². The van der Waals surface area contributed by atoms with Crippen LogP contribution in [-0.2, 0) is 4.74 Å². The zero-order valence-corrected chi connectivity index (χ0v) is 19.0. The van der Waals surface area contributed by atoms with Crippen LogP contribution in [0.2, 0.25) is 0 Å². The van der Waals surface area contributed by atoms with Crippen LogP contribution in [-0.4, -0.2) is 7.11 Å². The minimum atomic E-state index is -0.249. The van der Waals surface area contributed by atoms with Gasteiger partial charge in [0.25, 0.3) is 0 Å². The van der Waals surface area contributed by atoms with Gasteiger partial charge in [-0.2, -0.15) is 0 Å². The van der Waals surface area contributed by atoms with Crippen molar-refractivity contribution < 1.29 is 28.7 Å². The Kier molecular flexibility index (Phi) is 9.83. The summed E-state index contributed by atoms with van der Waals surface area (Å²) >= 11 is 0. The zero-order chi connectivity index (χ0) is 20.6. The van der Waals surface area contributed by atoms with E-state index < -0.39 is 0 Å². The maximum atomic E-state index is 12.3. The third-order valence-electron chi connectivity index (χ3n) is 6.01. The van der Waals surface area contributed by atoms with Crippen LogP contribution >= 0.6 is 0 Å². The van der Waals surface area contributed by atoms with E-state index in [1.54, 1.807) is 6.08 Å². The van der Waals surface area contributed by atoms with Gasteiger partial charge in [-0.1, -0.05) is 93.8 Å². The Bertz CT molecular complexity index is 854. The Morgan fingerprint density at radius 2 is 1.67 bits per heavy atom. The smallest absolute Gasteiger partial charge is 0.617 e. The fraction of sp³-hybridized carbons (Fsp3) is 0.407. The van der Waals surface area contributed by atoms with Crippen LogP contribution in [0.5, 0.6) is 0 Å². The molecular formula is C27H33LiO2.